The van der Waals surface area contributed by atoms with Crippen molar-refractivity contribution in [2.75, 3.05) is 13.2 Å². The average Bonchev–Trinajstić information content (AvgIpc) is 3.41. The van der Waals surface area contributed by atoms with Crippen molar-refractivity contribution >= 4 is 11.9 Å². The molecule has 2 atom stereocenters. The summed E-state index contributed by atoms with van der Waals surface area (Å²) in [5, 5.41) is 23.2. The molecule has 0 aliphatic heterocycles. The summed E-state index contributed by atoms with van der Waals surface area (Å²) in [7, 11) is 0. The summed E-state index contributed by atoms with van der Waals surface area (Å²) >= 11 is 0. The molecular formula is C69H133NO5. The van der Waals surface area contributed by atoms with E-state index < -0.39 is 12.1 Å². The van der Waals surface area contributed by atoms with Crippen LogP contribution in [-0.2, 0) is 14.3 Å². The first-order valence-electron chi connectivity index (χ1n) is 34.1. The molecule has 1 amide bonds. The van der Waals surface area contributed by atoms with E-state index in [-0.39, 0.29) is 18.5 Å². The van der Waals surface area contributed by atoms with Crippen molar-refractivity contribution in [3.63, 3.8) is 0 Å². The SMILES string of the molecule is CCCCC/C=C\CCCCCCCC(=O)OCCCCCCCCCCCCCCCC/C=C\CCCCCCCCCCCCCCCCCCCC(=O)NC(CO)C(O)CCCCCCCCCCCCC. The summed E-state index contributed by atoms with van der Waals surface area (Å²) < 4.78 is 5.47. The smallest absolute Gasteiger partial charge is 0.305 e. The van der Waals surface area contributed by atoms with Gasteiger partial charge in [0, 0.05) is 12.8 Å². The number of hydrogen-bond acceptors (Lipinski definition) is 5. The number of aliphatic hydroxyl groups is 2. The molecule has 0 saturated carbocycles. The molecule has 0 aliphatic rings. The van der Waals surface area contributed by atoms with Crippen LogP contribution in [0.2, 0.25) is 0 Å². The van der Waals surface area contributed by atoms with Crippen molar-refractivity contribution in [1.29, 1.82) is 0 Å². The fourth-order valence-electron chi connectivity index (χ4n) is 10.7. The van der Waals surface area contributed by atoms with E-state index in [1.165, 1.54) is 302 Å². The van der Waals surface area contributed by atoms with E-state index in [0.717, 1.165) is 44.9 Å². The van der Waals surface area contributed by atoms with Crippen LogP contribution in [0.25, 0.3) is 0 Å². The highest BCUT2D eigenvalue weighted by atomic mass is 16.5. The van der Waals surface area contributed by atoms with Gasteiger partial charge >= 0.3 is 5.97 Å². The zero-order valence-corrected chi connectivity index (χ0v) is 50.8. The number of allylic oxidation sites excluding steroid dienone is 4. The molecule has 0 heterocycles. The minimum absolute atomic E-state index is 0.0103. The zero-order chi connectivity index (χ0) is 54.3. The third-order valence-electron chi connectivity index (χ3n) is 16.0. The monoisotopic (exact) mass is 1060 g/mol. The maximum absolute atomic E-state index is 12.5. The summed E-state index contributed by atoms with van der Waals surface area (Å²) in [6, 6.07) is -0.537. The van der Waals surface area contributed by atoms with Gasteiger partial charge in [0.2, 0.25) is 5.91 Å². The predicted molar refractivity (Wildman–Crippen MR) is 329 cm³/mol. The van der Waals surface area contributed by atoms with Crippen molar-refractivity contribution in [1.82, 2.24) is 5.32 Å². The van der Waals surface area contributed by atoms with Gasteiger partial charge in [0.1, 0.15) is 0 Å². The van der Waals surface area contributed by atoms with Crippen LogP contribution < -0.4 is 5.32 Å². The van der Waals surface area contributed by atoms with E-state index in [4.69, 9.17) is 4.74 Å². The van der Waals surface area contributed by atoms with Crippen molar-refractivity contribution in [3.8, 4) is 0 Å². The first kappa shape index (κ1) is 73.3. The highest BCUT2D eigenvalue weighted by Crippen LogP contribution is 2.18. The minimum atomic E-state index is -0.660. The molecule has 0 aliphatic carbocycles. The highest BCUT2D eigenvalue weighted by molar-refractivity contribution is 5.76. The quantitative estimate of drug-likeness (QED) is 0.0320. The Morgan fingerprint density at radius 1 is 0.360 bits per heavy atom. The molecule has 6 heteroatoms. The van der Waals surface area contributed by atoms with E-state index in [1.807, 2.05) is 0 Å². The van der Waals surface area contributed by atoms with Crippen LogP contribution in [0.1, 0.15) is 380 Å². The molecule has 75 heavy (non-hydrogen) atoms. The molecule has 0 saturated heterocycles. The normalized spacial score (nSPS) is 12.6. The van der Waals surface area contributed by atoms with Crippen LogP contribution in [0.5, 0.6) is 0 Å². The second-order valence-corrected chi connectivity index (χ2v) is 23.5. The first-order valence-corrected chi connectivity index (χ1v) is 34.1. The standard InChI is InChI=1S/C69H133NO5/c1-3-5-7-9-11-13-15-43-47-51-55-59-63-69(74)75-64-60-56-52-48-44-40-38-36-34-32-30-28-26-24-22-20-18-16-17-19-21-23-25-27-29-31-33-35-37-39-42-46-50-54-58-62-68(73)70-66(65-71)67(72)61-57-53-49-45-41-14-12-10-8-6-4-2/h11,13,18,20,66-67,71-72H,3-10,12,14-17,19,21-65H2,1-2H3,(H,70,73)/b13-11-,20-18-. The number of ether oxygens (including phenoxy) is 1. The Kier molecular flexibility index (Phi) is 63.4. The molecule has 444 valence electrons. The summed E-state index contributed by atoms with van der Waals surface area (Å²) in [4.78, 5) is 24.5. The van der Waals surface area contributed by atoms with E-state index >= 15 is 0 Å². The Bertz CT molecular complexity index is 1170. The van der Waals surface area contributed by atoms with Gasteiger partial charge in [-0.2, -0.15) is 0 Å². The lowest BCUT2D eigenvalue weighted by Crippen LogP contribution is -2.45. The number of carbonyl (C=O) groups is 2. The van der Waals surface area contributed by atoms with Gasteiger partial charge < -0.3 is 20.3 Å². The minimum Gasteiger partial charge on any atom is -0.466 e. The molecule has 0 radical (unpaired) electrons. The number of rotatable bonds is 64. The lowest BCUT2D eigenvalue weighted by Gasteiger charge is -2.22. The van der Waals surface area contributed by atoms with Gasteiger partial charge in [-0.15, -0.1) is 0 Å². The van der Waals surface area contributed by atoms with Gasteiger partial charge in [-0.25, -0.2) is 0 Å². The molecule has 0 rings (SSSR count). The van der Waals surface area contributed by atoms with Crippen LogP contribution in [-0.4, -0.2) is 47.4 Å². The van der Waals surface area contributed by atoms with Gasteiger partial charge in [0.25, 0.3) is 0 Å². The van der Waals surface area contributed by atoms with E-state index in [1.54, 1.807) is 0 Å². The van der Waals surface area contributed by atoms with E-state index in [2.05, 4.69) is 43.5 Å². The molecule has 0 bridgehead atoms. The second kappa shape index (κ2) is 64.9. The topological polar surface area (TPSA) is 95.9 Å². The van der Waals surface area contributed by atoms with Crippen LogP contribution >= 0.6 is 0 Å². The highest BCUT2D eigenvalue weighted by Gasteiger charge is 2.20. The van der Waals surface area contributed by atoms with Crippen molar-refractivity contribution in [2.24, 2.45) is 0 Å². The summed E-state index contributed by atoms with van der Waals surface area (Å²) in [5.41, 5.74) is 0. The molecule has 3 N–H and O–H groups in total. The van der Waals surface area contributed by atoms with E-state index in [0.29, 0.717) is 25.9 Å². The average molecular weight is 1060 g/mol. The van der Waals surface area contributed by atoms with Crippen LogP contribution in [0.4, 0.5) is 0 Å². The van der Waals surface area contributed by atoms with Gasteiger partial charge in [-0.1, -0.05) is 314 Å². The fraction of sp³-hybridized carbons (Fsp3) is 0.913. The van der Waals surface area contributed by atoms with Crippen LogP contribution in [0, 0.1) is 0 Å². The molecule has 2 unspecified atom stereocenters. The summed E-state index contributed by atoms with van der Waals surface area (Å²) in [6.45, 7) is 4.94. The fourth-order valence-corrected chi connectivity index (χ4v) is 10.7. The molecule has 0 aromatic rings. The van der Waals surface area contributed by atoms with Crippen molar-refractivity contribution in [3.05, 3.63) is 24.3 Å². The Balaban J connectivity index is 3.32. The maximum atomic E-state index is 12.5. The molecular weight excluding hydrogens is 923 g/mol. The van der Waals surface area contributed by atoms with Gasteiger partial charge in [0.15, 0.2) is 0 Å². The predicted octanol–water partition coefficient (Wildman–Crippen LogP) is 21.8. The van der Waals surface area contributed by atoms with Gasteiger partial charge in [0.05, 0.1) is 25.4 Å². The summed E-state index contributed by atoms with van der Waals surface area (Å²) in [6.07, 6.45) is 81.0. The molecule has 0 aromatic heterocycles. The number of aliphatic hydroxyl groups excluding tert-OH is 2. The van der Waals surface area contributed by atoms with E-state index in [9.17, 15) is 19.8 Å². The number of amides is 1. The number of hydrogen-bond donors (Lipinski definition) is 3. The number of esters is 1. The zero-order valence-electron chi connectivity index (χ0n) is 50.8. The van der Waals surface area contributed by atoms with Crippen molar-refractivity contribution < 1.29 is 24.5 Å². The first-order chi connectivity index (χ1) is 37.0. The van der Waals surface area contributed by atoms with Gasteiger partial charge in [-0.3, -0.25) is 9.59 Å². The second-order valence-electron chi connectivity index (χ2n) is 23.5. The Morgan fingerprint density at radius 2 is 0.627 bits per heavy atom. The molecule has 6 nitrogen and oxygen atoms in total. The largest absolute Gasteiger partial charge is 0.466 e. The Morgan fingerprint density at radius 3 is 0.973 bits per heavy atom. The Labute approximate surface area is 469 Å². The summed E-state index contributed by atoms with van der Waals surface area (Å²) in [5.74, 6) is -0.0203. The lowest BCUT2D eigenvalue weighted by molar-refractivity contribution is -0.143. The molecule has 0 fully saturated rings. The third kappa shape index (κ3) is 61.4. The number of carbonyl (C=O) groups excluding carboxylic acids is 2. The molecule has 0 spiro atoms. The Hall–Kier alpha value is -1.66. The number of nitrogens with one attached hydrogen (secondary N) is 1. The van der Waals surface area contributed by atoms with Crippen LogP contribution in [0.15, 0.2) is 24.3 Å². The molecule has 0 aromatic carbocycles. The number of unbranched alkanes of at least 4 members (excludes halogenated alkanes) is 49. The third-order valence-corrected chi connectivity index (χ3v) is 16.0. The van der Waals surface area contributed by atoms with Crippen LogP contribution in [0.3, 0.4) is 0 Å². The lowest BCUT2D eigenvalue weighted by atomic mass is 10.0. The van der Waals surface area contributed by atoms with Crippen molar-refractivity contribution in [2.45, 2.75) is 392 Å². The maximum Gasteiger partial charge on any atom is 0.305 e. The van der Waals surface area contributed by atoms with Gasteiger partial charge in [-0.05, 0) is 77.0 Å².